The molecule has 0 fully saturated rings. The third kappa shape index (κ3) is 5.02. The van der Waals surface area contributed by atoms with Crippen molar-refractivity contribution in [3.8, 4) is 0 Å². The van der Waals surface area contributed by atoms with E-state index in [1.807, 2.05) is 42.5 Å². The zero-order valence-electron chi connectivity index (χ0n) is 13.5. The van der Waals surface area contributed by atoms with Crippen molar-refractivity contribution < 1.29 is 24.6 Å². The van der Waals surface area contributed by atoms with Crippen LogP contribution in [0.5, 0.6) is 0 Å². The van der Waals surface area contributed by atoms with Gasteiger partial charge in [0.05, 0.1) is 6.04 Å². The predicted molar refractivity (Wildman–Crippen MR) is 92.1 cm³/mol. The number of hydrogen-bond donors (Lipinski definition) is 4. The fourth-order valence-electron chi connectivity index (χ4n) is 2.60. The van der Waals surface area contributed by atoms with Crippen molar-refractivity contribution in [1.82, 2.24) is 5.32 Å². The van der Waals surface area contributed by atoms with E-state index in [0.717, 1.165) is 16.3 Å². The Balaban J connectivity index is 2.06. The van der Waals surface area contributed by atoms with E-state index in [-0.39, 0.29) is 19.3 Å². The Bertz CT molecular complexity index is 785. The molecule has 2 atom stereocenters. The Hall–Kier alpha value is -2.93. The van der Waals surface area contributed by atoms with Crippen molar-refractivity contribution in [2.45, 2.75) is 31.3 Å². The van der Waals surface area contributed by atoms with Crippen LogP contribution in [0.1, 0.15) is 18.4 Å². The maximum Gasteiger partial charge on any atom is 0.326 e. The van der Waals surface area contributed by atoms with Crippen LogP contribution in [-0.2, 0) is 20.8 Å². The standard InChI is InChI=1S/C18H20N2O5/c19-14(17(23)20-15(18(24)25)8-9-16(21)22)10-12-6-3-5-11-4-1-2-7-13(11)12/h1-7,14-15H,8-10,19H2,(H,20,23)(H,21,22)(H,24,25)/t14-,15-/m0/s1. The summed E-state index contributed by atoms with van der Waals surface area (Å²) in [4.78, 5) is 33.9. The van der Waals surface area contributed by atoms with Gasteiger partial charge < -0.3 is 21.3 Å². The third-order valence-electron chi connectivity index (χ3n) is 3.92. The minimum Gasteiger partial charge on any atom is -0.481 e. The minimum absolute atomic E-state index is 0.197. The highest BCUT2D eigenvalue weighted by Crippen LogP contribution is 2.19. The van der Waals surface area contributed by atoms with Crippen LogP contribution >= 0.6 is 0 Å². The zero-order chi connectivity index (χ0) is 18.4. The number of fused-ring (bicyclic) bond motifs is 1. The molecule has 2 rings (SSSR count). The van der Waals surface area contributed by atoms with Gasteiger partial charge in [-0.25, -0.2) is 4.79 Å². The Kier molecular flexibility index (Phi) is 6.08. The number of rotatable bonds is 8. The second-order valence-corrected chi connectivity index (χ2v) is 5.78. The van der Waals surface area contributed by atoms with Gasteiger partial charge in [-0.1, -0.05) is 42.5 Å². The first kappa shape index (κ1) is 18.4. The highest BCUT2D eigenvalue weighted by molar-refractivity contribution is 5.89. The van der Waals surface area contributed by atoms with Crippen LogP contribution in [0, 0.1) is 0 Å². The predicted octanol–water partition coefficient (Wildman–Crippen LogP) is 1.14. The molecule has 132 valence electrons. The number of carboxylic acid groups (broad SMARTS) is 2. The van der Waals surface area contributed by atoms with Crippen LogP contribution in [0.2, 0.25) is 0 Å². The number of benzene rings is 2. The molecule has 25 heavy (non-hydrogen) atoms. The van der Waals surface area contributed by atoms with Crippen LogP contribution in [0.3, 0.4) is 0 Å². The van der Waals surface area contributed by atoms with E-state index < -0.39 is 29.9 Å². The molecule has 0 bridgehead atoms. The Labute approximate surface area is 144 Å². The molecule has 5 N–H and O–H groups in total. The SMILES string of the molecule is N[C@@H](Cc1cccc2ccccc12)C(=O)N[C@@H](CCC(=O)O)C(=O)O. The number of carboxylic acids is 2. The van der Waals surface area contributed by atoms with E-state index in [9.17, 15) is 14.4 Å². The highest BCUT2D eigenvalue weighted by Gasteiger charge is 2.24. The van der Waals surface area contributed by atoms with Crippen LogP contribution in [0.15, 0.2) is 42.5 Å². The lowest BCUT2D eigenvalue weighted by Gasteiger charge is -2.18. The first-order valence-corrected chi connectivity index (χ1v) is 7.85. The maximum absolute atomic E-state index is 12.2. The summed E-state index contributed by atoms with van der Waals surface area (Å²) >= 11 is 0. The summed E-state index contributed by atoms with van der Waals surface area (Å²) < 4.78 is 0. The summed E-state index contributed by atoms with van der Waals surface area (Å²) in [6, 6.07) is 11.2. The van der Waals surface area contributed by atoms with Gasteiger partial charge >= 0.3 is 11.9 Å². The van der Waals surface area contributed by atoms with Crippen LogP contribution < -0.4 is 11.1 Å². The summed E-state index contributed by atoms with van der Waals surface area (Å²) in [7, 11) is 0. The van der Waals surface area contributed by atoms with Gasteiger partial charge in [0, 0.05) is 6.42 Å². The van der Waals surface area contributed by atoms with Crippen molar-refractivity contribution in [3.05, 3.63) is 48.0 Å². The summed E-state index contributed by atoms with van der Waals surface area (Å²) in [5.74, 6) is -3.03. The monoisotopic (exact) mass is 344 g/mol. The molecule has 7 heteroatoms. The number of nitrogens with one attached hydrogen (secondary N) is 1. The Morgan fingerprint density at radius 1 is 1.04 bits per heavy atom. The van der Waals surface area contributed by atoms with Gasteiger partial charge in [0.15, 0.2) is 0 Å². The molecular formula is C18H20N2O5. The van der Waals surface area contributed by atoms with Gasteiger partial charge in [0.25, 0.3) is 0 Å². The van der Waals surface area contributed by atoms with Gasteiger partial charge in [-0.05, 0) is 29.2 Å². The largest absolute Gasteiger partial charge is 0.481 e. The van der Waals surface area contributed by atoms with Crippen molar-refractivity contribution in [3.63, 3.8) is 0 Å². The topological polar surface area (TPSA) is 130 Å². The molecule has 0 heterocycles. The third-order valence-corrected chi connectivity index (χ3v) is 3.92. The minimum atomic E-state index is -1.29. The van der Waals surface area contributed by atoms with E-state index in [0.29, 0.717) is 0 Å². The average molecular weight is 344 g/mol. The number of carbonyl (C=O) groups is 3. The Morgan fingerprint density at radius 3 is 2.40 bits per heavy atom. The molecule has 0 aliphatic heterocycles. The maximum atomic E-state index is 12.2. The molecule has 0 aromatic heterocycles. The summed E-state index contributed by atoms with van der Waals surface area (Å²) in [5.41, 5.74) is 6.81. The number of carbonyl (C=O) groups excluding carboxylic acids is 1. The van der Waals surface area contributed by atoms with Gasteiger partial charge in [-0.2, -0.15) is 0 Å². The van der Waals surface area contributed by atoms with Crippen molar-refractivity contribution >= 4 is 28.6 Å². The molecule has 0 radical (unpaired) electrons. The van der Waals surface area contributed by atoms with Gasteiger partial charge in [0.2, 0.25) is 5.91 Å². The molecule has 7 nitrogen and oxygen atoms in total. The second kappa shape index (κ2) is 8.25. The van der Waals surface area contributed by atoms with Gasteiger partial charge in [-0.3, -0.25) is 9.59 Å². The molecule has 0 saturated carbocycles. The van der Waals surface area contributed by atoms with E-state index in [2.05, 4.69) is 5.32 Å². The molecule has 0 spiro atoms. The summed E-state index contributed by atoms with van der Waals surface area (Å²) in [6.07, 6.45) is -0.300. The molecule has 0 saturated heterocycles. The van der Waals surface area contributed by atoms with Gasteiger partial charge in [0.1, 0.15) is 6.04 Å². The highest BCUT2D eigenvalue weighted by atomic mass is 16.4. The first-order valence-electron chi connectivity index (χ1n) is 7.85. The van der Waals surface area contributed by atoms with Crippen molar-refractivity contribution in [1.29, 1.82) is 0 Å². The lowest BCUT2D eigenvalue weighted by atomic mass is 9.98. The van der Waals surface area contributed by atoms with E-state index in [4.69, 9.17) is 15.9 Å². The molecule has 2 aromatic rings. The van der Waals surface area contributed by atoms with E-state index >= 15 is 0 Å². The first-order chi connectivity index (χ1) is 11.9. The molecule has 0 unspecified atom stereocenters. The second-order valence-electron chi connectivity index (χ2n) is 5.78. The Morgan fingerprint density at radius 2 is 1.72 bits per heavy atom. The zero-order valence-corrected chi connectivity index (χ0v) is 13.5. The average Bonchev–Trinajstić information content (AvgIpc) is 2.58. The van der Waals surface area contributed by atoms with Crippen LogP contribution in [0.4, 0.5) is 0 Å². The number of hydrogen-bond acceptors (Lipinski definition) is 4. The normalized spacial score (nSPS) is 13.2. The molecule has 0 aliphatic rings. The van der Waals surface area contributed by atoms with Crippen molar-refractivity contribution in [2.75, 3.05) is 0 Å². The molecule has 0 aliphatic carbocycles. The lowest BCUT2D eigenvalue weighted by Crippen LogP contribution is -2.49. The van der Waals surface area contributed by atoms with Crippen molar-refractivity contribution in [2.24, 2.45) is 5.73 Å². The van der Waals surface area contributed by atoms with Gasteiger partial charge in [-0.15, -0.1) is 0 Å². The number of nitrogens with two attached hydrogens (primary N) is 1. The van der Waals surface area contributed by atoms with Crippen LogP contribution in [-0.4, -0.2) is 40.1 Å². The fraction of sp³-hybridized carbons (Fsp3) is 0.278. The van der Waals surface area contributed by atoms with Crippen LogP contribution in [0.25, 0.3) is 10.8 Å². The number of amides is 1. The number of aliphatic carboxylic acids is 2. The molecule has 2 aromatic carbocycles. The quantitative estimate of drug-likeness (QED) is 0.568. The lowest BCUT2D eigenvalue weighted by molar-refractivity contribution is -0.143. The fourth-order valence-corrected chi connectivity index (χ4v) is 2.60. The molecule has 1 amide bonds. The molecular weight excluding hydrogens is 324 g/mol. The van der Waals surface area contributed by atoms with E-state index in [1.165, 1.54) is 0 Å². The van der Waals surface area contributed by atoms with E-state index in [1.54, 1.807) is 0 Å². The smallest absolute Gasteiger partial charge is 0.326 e. The summed E-state index contributed by atoms with van der Waals surface area (Å²) in [5, 5.41) is 22.1. The summed E-state index contributed by atoms with van der Waals surface area (Å²) in [6.45, 7) is 0.